The van der Waals surface area contributed by atoms with Crippen LogP contribution in [0.2, 0.25) is 0 Å². The van der Waals surface area contributed by atoms with Gasteiger partial charge in [-0.15, -0.1) is 0 Å². The van der Waals surface area contributed by atoms with Gasteiger partial charge in [0.05, 0.1) is 18.7 Å². The maximum Gasteiger partial charge on any atom is 0.136 e. The number of ether oxygens (including phenoxy) is 2. The summed E-state index contributed by atoms with van der Waals surface area (Å²) in [5.41, 5.74) is 8.30. The van der Waals surface area contributed by atoms with Crippen LogP contribution in [0, 0.1) is 6.92 Å². The molecule has 1 aliphatic carbocycles. The van der Waals surface area contributed by atoms with Crippen LogP contribution in [0.4, 0.5) is 0 Å². The molecule has 0 heterocycles. The molecule has 4 heteroatoms. The van der Waals surface area contributed by atoms with Gasteiger partial charge in [0, 0.05) is 11.1 Å². The van der Waals surface area contributed by atoms with Crippen molar-refractivity contribution < 1.29 is 9.47 Å². The van der Waals surface area contributed by atoms with Crippen molar-refractivity contribution in [3.05, 3.63) is 21.7 Å². The summed E-state index contributed by atoms with van der Waals surface area (Å²) < 4.78 is 11.8. The molecule has 3 nitrogen and oxygen atoms in total. The number of benzene rings is 1. The normalized spacial score (nSPS) is 16.8. The second kappa shape index (κ2) is 4.50. The molecule has 0 unspecified atom stereocenters. The highest BCUT2D eigenvalue weighted by Gasteiger charge is 2.39. The molecule has 0 amide bonds. The number of hydrogen-bond donors (Lipinski definition) is 1. The Morgan fingerprint density at radius 3 is 2.47 bits per heavy atom. The van der Waals surface area contributed by atoms with Crippen molar-refractivity contribution in [2.24, 2.45) is 5.73 Å². The predicted octanol–water partition coefficient (Wildman–Crippen LogP) is 2.81. The molecule has 17 heavy (non-hydrogen) atoms. The number of rotatable bonds is 4. The number of nitrogens with two attached hydrogens (primary N) is 1. The third-order valence-corrected chi connectivity index (χ3v) is 4.15. The number of halogens is 1. The Kier molecular flexibility index (Phi) is 3.36. The minimum absolute atomic E-state index is 0.0456. The average molecular weight is 300 g/mol. The molecular formula is C13H18BrNO2. The zero-order valence-corrected chi connectivity index (χ0v) is 12.1. The minimum atomic E-state index is -0.0456. The standard InChI is InChI=1S/C13H18BrNO2/c1-8-6-10(16-2)9(7-13(15)4-5-13)11(14)12(8)17-3/h6H,4-5,7,15H2,1-3H3. The van der Waals surface area contributed by atoms with Crippen molar-refractivity contribution in [3.63, 3.8) is 0 Å². The van der Waals surface area contributed by atoms with Gasteiger partial charge in [-0.05, 0) is 53.7 Å². The number of hydrogen-bond acceptors (Lipinski definition) is 3. The summed E-state index contributed by atoms with van der Waals surface area (Å²) in [7, 11) is 3.37. The SMILES string of the molecule is COc1cc(C)c(OC)c(Br)c1CC1(N)CC1. The Hall–Kier alpha value is -0.740. The van der Waals surface area contributed by atoms with E-state index in [0.717, 1.165) is 46.4 Å². The average Bonchev–Trinajstić information content (AvgIpc) is 3.01. The second-order valence-corrected chi connectivity index (χ2v) is 5.55. The summed E-state index contributed by atoms with van der Waals surface area (Å²) in [6.07, 6.45) is 2.99. The molecule has 0 atom stereocenters. The first-order valence-corrected chi connectivity index (χ1v) is 6.49. The molecule has 0 aliphatic heterocycles. The molecule has 0 spiro atoms. The first kappa shape index (κ1) is 12.7. The molecule has 2 rings (SSSR count). The van der Waals surface area contributed by atoms with Crippen LogP contribution in [-0.2, 0) is 6.42 Å². The van der Waals surface area contributed by atoms with Gasteiger partial charge in [0.1, 0.15) is 11.5 Å². The van der Waals surface area contributed by atoms with E-state index in [9.17, 15) is 0 Å². The van der Waals surface area contributed by atoms with E-state index in [4.69, 9.17) is 15.2 Å². The van der Waals surface area contributed by atoms with Gasteiger partial charge in [-0.2, -0.15) is 0 Å². The highest BCUT2D eigenvalue weighted by Crippen LogP contribution is 2.44. The van der Waals surface area contributed by atoms with E-state index in [-0.39, 0.29) is 5.54 Å². The lowest BCUT2D eigenvalue weighted by molar-refractivity contribution is 0.392. The smallest absolute Gasteiger partial charge is 0.136 e. The fourth-order valence-corrected chi connectivity index (χ4v) is 2.86. The van der Waals surface area contributed by atoms with Gasteiger partial charge in [-0.25, -0.2) is 0 Å². The van der Waals surface area contributed by atoms with Gasteiger partial charge in [0.2, 0.25) is 0 Å². The molecular weight excluding hydrogens is 282 g/mol. The van der Waals surface area contributed by atoms with Gasteiger partial charge in [0.25, 0.3) is 0 Å². The van der Waals surface area contributed by atoms with Gasteiger partial charge in [-0.3, -0.25) is 0 Å². The van der Waals surface area contributed by atoms with E-state index in [1.807, 2.05) is 13.0 Å². The first-order valence-electron chi connectivity index (χ1n) is 5.69. The Bertz CT molecular complexity index is 442. The molecule has 1 aromatic rings. The van der Waals surface area contributed by atoms with E-state index in [2.05, 4.69) is 15.9 Å². The lowest BCUT2D eigenvalue weighted by atomic mass is 10.0. The Labute approximate surface area is 110 Å². The quantitative estimate of drug-likeness (QED) is 0.930. The monoisotopic (exact) mass is 299 g/mol. The fraction of sp³-hybridized carbons (Fsp3) is 0.538. The Morgan fingerprint density at radius 2 is 2.00 bits per heavy atom. The molecule has 94 valence electrons. The van der Waals surface area contributed by atoms with Gasteiger partial charge in [-0.1, -0.05) is 0 Å². The lowest BCUT2D eigenvalue weighted by Crippen LogP contribution is -2.25. The summed E-state index contributed by atoms with van der Waals surface area (Å²) in [4.78, 5) is 0. The summed E-state index contributed by atoms with van der Waals surface area (Å²) in [6.45, 7) is 2.01. The van der Waals surface area contributed by atoms with Crippen molar-refractivity contribution in [3.8, 4) is 11.5 Å². The molecule has 2 N–H and O–H groups in total. The zero-order chi connectivity index (χ0) is 12.6. The molecule has 0 aromatic heterocycles. The summed E-state index contributed by atoms with van der Waals surface area (Å²) in [6, 6.07) is 2.00. The van der Waals surface area contributed by atoms with Crippen LogP contribution in [0.25, 0.3) is 0 Å². The van der Waals surface area contributed by atoms with Crippen molar-refractivity contribution in [2.45, 2.75) is 31.7 Å². The number of aryl methyl sites for hydroxylation is 1. The summed E-state index contributed by atoms with van der Waals surface area (Å²) in [5, 5.41) is 0. The minimum Gasteiger partial charge on any atom is -0.496 e. The largest absolute Gasteiger partial charge is 0.496 e. The van der Waals surface area contributed by atoms with Crippen LogP contribution < -0.4 is 15.2 Å². The van der Waals surface area contributed by atoms with Crippen LogP contribution in [0.15, 0.2) is 10.5 Å². The van der Waals surface area contributed by atoms with Crippen LogP contribution in [0.1, 0.15) is 24.0 Å². The van der Waals surface area contributed by atoms with Crippen molar-refractivity contribution in [1.29, 1.82) is 0 Å². The van der Waals surface area contributed by atoms with E-state index in [1.54, 1.807) is 14.2 Å². The Morgan fingerprint density at radius 1 is 1.35 bits per heavy atom. The van der Waals surface area contributed by atoms with Crippen molar-refractivity contribution in [1.82, 2.24) is 0 Å². The molecule has 1 saturated carbocycles. The maximum absolute atomic E-state index is 6.18. The molecule has 1 fully saturated rings. The maximum atomic E-state index is 6.18. The van der Waals surface area contributed by atoms with Crippen molar-refractivity contribution >= 4 is 15.9 Å². The Balaban J connectivity index is 2.46. The van der Waals surface area contributed by atoms with Crippen LogP contribution in [0.5, 0.6) is 11.5 Å². The van der Waals surface area contributed by atoms with E-state index in [0.29, 0.717) is 0 Å². The molecule has 0 bridgehead atoms. The van der Waals surface area contributed by atoms with E-state index in [1.165, 1.54) is 0 Å². The molecule has 1 aromatic carbocycles. The van der Waals surface area contributed by atoms with Crippen molar-refractivity contribution in [2.75, 3.05) is 14.2 Å². The van der Waals surface area contributed by atoms with Gasteiger partial charge in [0.15, 0.2) is 0 Å². The number of methoxy groups -OCH3 is 2. The zero-order valence-electron chi connectivity index (χ0n) is 10.5. The lowest BCUT2D eigenvalue weighted by Gasteiger charge is -2.18. The van der Waals surface area contributed by atoms with Crippen LogP contribution in [-0.4, -0.2) is 19.8 Å². The summed E-state index contributed by atoms with van der Waals surface area (Å²) >= 11 is 3.60. The van der Waals surface area contributed by atoms with Crippen LogP contribution in [0.3, 0.4) is 0 Å². The second-order valence-electron chi connectivity index (χ2n) is 4.76. The predicted molar refractivity (Wildman–Crippen MR) is 71.8 cm³/mol. The topological polar surface area (TPSA) is 44.5 Å². The molecule has 0 saturated heterocycles. The van der Waals surface area contributed by atoms with Gasteiger partial charge >= 0.3 is 0 Å². The highest BCUT2D eigenvalue weighted by molar-refractivity contribution is 9.10. The van der Waals surface area contributed by atoms with E-state index < -0.39 is 0 Å². The highest BCUT2D eigenvalue weighted by atomic mass is 79.9. The fourth-order valence-electron chi connectivity index (χ4n) is 2.05. The van der Waals surface area contributed by atoms with E-state index >= 15 is 0 Å². The van der Waals surface area contributed by atoms with Gasteiger partial charge < -0.3 is 15.2 Å². The first-order chi connectivity index (χ1) is 8.00. The molecule has 1 aliphatic rings. The third-order valence-electron chi connectivity index (χ3n) is 3.31. The third kappa shape index (κ3) is 2.43. The van der Waals surface area contributed by atoms with Crippen LogP contribution >= 0.6 is 15.9 Å². The summed E-state index contributed by atoms with van der Waals surface area (Å²) in [5.74, 6) is 1.75. The molecule has 0 radical (unpaired) electrons.